The maximum absolute atomic E-state index is 5.48. The van der Waals surface area contributed by atoms with Crippen LogP contribution in [0.1, 0.15) is 22.3 Å². The first kappa shape index (κ1) is 25.7. The normalized spacial score (nSPS) is 12.7. The van der Waals surface area contributed by atoms with Gasteiger partial charge in [-0.25, -0.2) is 0 Å². The molecule has 0 spiro atoms. The Bertz CT molecular complexity index is 1740. The van der Waals surface area contributed by atoms with Gasteiger partial charge < -0.3 is 14.4 Å². The number of fused-ring (bicyclic) bond motifs is 3. The Morgan fingerprint density at radius 1 is 0.429 bits per heavy atom. The molecule has 0 aromatic heterocycles. The van der Waals surface area contributed by atoms with Crippen LogP contribution in [0.4, 0.5) is 17.1 Å². The summed E-state index contributed by atoms with van der Waals surface area (Å²) in [5, 5.41) is 0. The van der Waals surface area contributed by atoms with Crippen LogP contribution in [0.25, 0.3) is 11.1 Å². The molecule has 0 unspecified atom stereocenters. The van der Waals surface area contributed by atoms with Gasteiger partial charge in [-0.15, -0.1) is 0 Å². The lowest BCUT2D eigenvalue weighted by molar-refractivity contribution is 0.415. The number of rotatable bonds is 7. The molecule has 0 N–H and O–H groups in total. The van der Waals surface area contributed by atoms with Gasteiger partial charge in [-0.05, 0) is 94.0 Å². The fourth-order valence-electron chi connectivity index (χ4n) is 6.48. The quantitative estimate of drug-likeness (QED) is 0.199. The van der Waals surface area contributed by atoms with Crippen molar-refractivity contribution in [2.75, 3.05) is 19.1 Å². The fourth-order valence-corrected chi connectivity index (χ4v) is 6.48. The largest absolute Gasteiger partial charge is 0.497 e. The molecular formula is C39H31NO2. The molecule has 6 aromatic rings. The Balaban J connectivity index is 1.51. The van der Waals surface area contributed by atoms with Crippen LogP contribution in [0.3, 0.4) is 0 Å². The van der Waals surface area contributed by atoms with Crippen LogP contribution < -0.4 is 14.4 Å². The molecule has 3 nitrogen and oxygen atoms in total. The molecule has 3 heteroatoms. The van der Waals surface area contributed by atoms with Crippen LogP contribution in [0.2, 0.25) is 0 Å². The summed E-state index contributed by atoms with van der Waals surface area (Å²) in [6, 6.07) is 54.0. The molecule has 0 heterocycles. The molecule has 0 saturated heterocycles. The van der Waals surface area contributed by atoms with Gasteiger partial charge in [0, 0.05) is 17.1 Å². The molecule has 0 atom stereocenters. The lowest BCUT2D eigenvalue weighted by atomic mass is 9.67. The topological polar surface area (TPSA) is 21.7 Å². The first-order chi connectivity index (χ1) is 20.7. The van der Waals surface area contributed by atoms with E-state index in [1.165, 1.54) is 33.4 Å². The van der Waals surface area contributed by atoms with Crippen molar-refractivity contribution in [1.82, 2.24) is 0 Å². The highest BCUT2D eigenvalue weighted by molar-refractivity contribution is 5.89. The molecule has 42 heavy (non-hydrogen) atoms. The van der Waals surface area contributed by atoms with E-state index in [2.05, 4.69) is 132 Å². The van der Waals surface area contributed by atoms with Crippen molar-refractivity contribution in [1.29, 1.82) is 0 Å². The monoisotopic (exact) mass is 545 g/mol. The van der Waals surface area contributed by atoms with E-state index in [0.717, 1.165) is 28.6 Å². The maximum Gasteiger partial charge on any atom is 0.119 e. The average molecular weight is 546 g/mol. The molecule has 0 radical (unpaired) electrons. The van der Waals surface area contributed by atoms with Gasteiger partial charge in [0.05, 0.1) is 19.6 Å². The summed E-state index contributed by atoms with van der Waals surface area (Å²) in [4.78, 5) is 2.29. The summed E-state index contributed by atoms with van der Waals surface area (Å²) in [7, 11) is 3.39. The molecule has 1 aliphatic rings. The summed E-state index contributed by atoms with van der Waals surface area (Å²) in [6.45, 7) is 0. The smallest absolute Gasteiger partial charge is 0.119 e. The third-order valence-corrected chi connectivity index (χ3v) is 8.36. The second-order valence-electron chi connectivity index (χ2n) is 10.5. The van der Waals surface area contributed by atoms with Crippen molar-refractivity contribution in [3.63, 3.8) is 0 Å². The van der Waals surface area contributed by atoms with Crippen LogP contribution in [0, 0.1) is 0 Å². The second kappa shape index (κ2) is 10.6. The van der Waals surface area contributed by atoms with Crippen LogP contribution >= 0.6 is 0 Å². The number of nitrogens with zero attached hydrogens (tertiary/aromatic N) is 1. The Hall–Kier alpha value is -5.28. The van der Waals surface area contributed by atoms with E-state index in [9.17, 15) is 0 Å². The zero-order valence-electron chi connectivity index (χ0n) is 23.7. The minimum Gasteiger partial charge on any atom is -0.497 e. The predicted molar refractivity (Wildman–Crippen MR) is 172 cm³/mol. The highest BCUT2D eigenvalue weighted by Gasteiger charge is 2.46. The van der Waals surface area contributed by atoms with Gasteiger partial charge in [-0.3, -0.25) is 0 Å². The standard InChI is InChI=1S/C39H31NO2/c1-41-33-22-17-30(18-23-33)40(31-19-24-34(42-2)25-20-31)32-21-26-36-35-15-9-10-16-37(35)39(38(36)27-32,28-11-5-3-6-12-28)29-13-7-4-8-14-29/h3-27H,1-2H3. The van der Waals surface area contributed by atoms with Crippen molar-refractivity contribution in [2.24, 2.45) is 0 Å². The number of benzene rings is 6. The van der Waals surface area contributed by atoms with Gasteiger partial charge in [0.2, 0.25) is 0 Å². The molecule has 0 saturated carbocycles. The molecule has 0 aliphatic heterocycles. The number of ether oxygens (including phenoxy) is 2. The van der Waals surface area contributed by atoms with E-state index >= 15 is 0 Å². The van der Waals surface area contributed by atoms with Crippen LogP contribution in [-0.2, 0) is 5.41 Å². The van der Waals surface area contributed by atoms with E-state index in [1.807, 2.05) is 24.3 Å². The summed E-state index contributed by atoms with van der Waals surface area (Å²) in [6.07, 6.45) is 0. The summed E-state index contributed by atoms with van der Waals surface area (Å²) >= 11 is 0. The molecule has 6 aromatic carbocycles. The SMILES string of the molecule is COc1ccc(N(c2ccc(OC)cc2)c2ccc3c(c2)C(c2ccccc2)(c2ccccc2)c2ccccc2-3)cc1. The number of hydrogen-bond donors (Lipinski definition) is 0. The van der Waals surface area contributed by atoms with Gasteiger partial charge in [-0.2, -0.15) is 0 Å². The van der Waals surface area contributed by atoms with Gasteiger partial charge in [0.1, 0.15) is 11.5 Å². The zero-order chi connectivity index (χ0) is 28.5. The molecule has 0 fully saturated rings. The van der Waals surface area contributed by atoms with Crippen molar-refractivity contribution in [3.8, 4) is 22.6 Å². The van der Waals surface area contributed by atoms with Crippen molar-refractivity contribution in [3.05, 3.63) is 174 Å². The zero-order valence-corrected chi connectivity index (χ0v) is 23.7. The average Bonchev–Trinajstić information content (AvgIpc) is 3.37. The predicted octanol–water partition coefficient (Wildman–Crippen LogP) is 9.54. The summed E-state index contributed by atoms with van der Waals surface area (Å²) in [5.74, 6) is 1.65. The van der Waals surface area contributed by atoms with Gasteiger partial charge in [-0.1, -0.05) is 91.0 Å². The Morgan fingerprint density at radius 3 is 1.40 bits per heavy atom. The van der Waals surface area contributed by atoms with Gasteiger partial charge >= 0.3 is 0 Å². The molecular weight excluding hydrogens is 514 g/mol. The molecule has 0 amide bonds. The Morgan fingerprint density at radius 2 is 0.881 bits per heavy atom. The lowest BCUT2D eigenvalue weighted by Crippen LogP contribution is -2.28. The fraction of sp³-hybridized carbons (Fsp3) is 0.0769. The first-order valence-corrected chi connectivity index (χ1v) is 14.2. The van der Waals surface area contributed by atoms with E-state index < -0.39 is 5.41 Å². The minimum atomic E-state index is -0.462. The second-order valence-corrected chi connectivity index (χ2v) is 10.5. The number of hydrogen-bond acceptors (Lipinski definition) is 3. The van der Waals surface area contributed by atoms with Gasteiger partial charge in [0.25, 0.3) is 0 Å². The first-order valence-electron chi connectivity index (χ1n) is 14.2. The third-order valence-electron chi connectivity index (χ3n) is 8.36. The highest BCUT2D eigenvalue weighted by Crippen LogP contribution is 2.57. The van der Waals surface area contributed by atoms with E-state index in [0.29, 0.717) is 0 Å². The Kier molecular flexibility index (Phi) is 6.48. The molecule has 0 bridgehead atoms. The van der Waals surface area contributed by atoms with Crippen molar-refractivity contribution < 1.29 is 9.47 Å². The number of methoxy groups -OCH3 is 2. The molecule has 7 rings (SSSR count). The Labute approximate surface area is 247 Å². The van der Waals surface area contributed by atoms with Crippen molar-refractivity contribution in [2.45, 2.75) is 5.41 Å². The van der Waals surface area contributed by atoms with Crippen LogP contribution in [-0.4, -0.2) is 14.2 Å². The van der Waals surface area contributed by atoms with Crippen molar-refractivity contribution >= 4 is 17.1 Å². The molecule has 1 aliphatic carbocycles. The summed E-state index contributed by atoms with van der Waals surface area (Å²) in [5.41, 5.74) is 10.3. The highest BCUT2D eigenvalue weighted by atomic mass is 16.5. The van der Waals surface area contributed by atoms with E-state index in [4.69, 9.17) is 9.47 Å². The lowest BCUT2D eigenvalue weighted by Gasteiger charge is -2.35. The maximum atomic E-state index is 5.48. The van der Waals surface area contributed by atoms with E-state index in [1.54, 1.807) is 14.2 Å². The van der Waals surface area contributed by atoms with E-state index in [-0.39, 0.29) is 0 Å². The number of anilines is 3. The summed E-state index contributed by atoms with van der Waals surface area (Å²) < 4.78 is 11.0. The minimum absolute atomic E-state index is 0.462. The van der Waals surface area contributed by atoms with Crippen LogP contribution in [0.15, 0.2) is 152 Å². The van der Waals surface area contributed by atoms with Gasteiger partial charge in [0.15, 0.2) is 0 Å². The van der Waals surface area contributed by atoms with Crippen LogP contribution in [0.5, 0.6) is 11.5 Å². The molecule has 204 valence electrons. The third kappa shape index (κ3) is 4.05.